The highest BCUT2D eigenvalue weighted by molar-refractivity contribution is 7.99. The molecule has 1 aliphatic carbocycles. The molecule has 1 saturated carbocycles. The van der Waals surface area contributed by atoms with Gasteiger partial charge in [0.05, 0.1) is 0 Å². The van der Waals surface area contributed by atoms with Crippen LogP contribution >= 0.6 is 11.8 Å². The van der Waals surface area contributed by atoms with Crippen LogP contribution in [0.5, 0.6) is 0 Å². The van der Waals surface area contributed by atoms with Gasteiger partial charge < -0.3 is 10.1 Å². The summed E-state index contributed by atoms with van der Waals surface area (Å²) < 4.78 is 18.9. The molecule has 0 radical (unpaired) electrons. The maximum atomic E-state index is 13.4. The van der Waals surface area contributed by atoms with Crippen molar-refractivity contribution in [2.45, 2.75) is 30.6 Å². The summed E-state index contributed by atoms with van der Waals surface area (Å²) >= 11 is 1.37. The van der Waals surface area contributed by atoms with Crippen molar-refractivity contribution in [2.24, 2.45) is 5.92 Å². The van der Waals surface area contributed by atoms with Crippen LogP contribution in [-0.2, 0) is 9.53 Å². The lowest BCUT2D eigenvalue weighted by Crippen LogP contribution is -2.25. The standard InChI is InChI=1S/C16H22FNO2S/c17-14-4-1-2-5-15(14)21-11-8-16(19)18-9-3-10-20-12-13-6-7-13/h1-2,4-5,13H,3,6-12H2,(H,18,19). The second kappa shape index (κ2) is 9.05. The third-order valence-corrected chi connectivity index (χ3v) is 4.31. The normalized spacial score (nSPS) is 14.1. The average molecular weight is 311 g/mol. The number of nitrogens with one attached hydrogen (secondary N) is 1. The van der Waals surface area contributed by atoms with Crippen LogP contribution < -0.4 is 5.32 Å². The quantitative estimate of drug-likeness (QED) is 0.532. The smallest absolute Gasteiger partial charge is 0.220 e. The number of carbonyl (C=O) groups excluding carboxylic acids is 1. The highest BCUT2D eigenvalue weighted by atomic mass is 32.2. The van der Waals surface area contributed by atoms with Gasteiger partial charge in [-0.2, -0.15) is 0 Å². The van der Waals surface area contributed by atoms with Crippen LogP contribution in [0.3, 0.4) is 0 Å². The molecule has 0 aliphatic heterocycles. The van der Waals surface area contributed by atoms with Gasteiger partial charge >= 0.3 is 0 Å². The van der Waals surface area contributed by atoms with E-state index in [9.17, 15) is 9.18 Å². The predicted molar refractivity (Wildman–Crippen MR) is 82.9 cm³/mol. The van der Waals surface area contributed by atoms with Crippen LogP contribution in [0.4, 0.5) is 4.39 Å². The Bertz CT molecular complexity index is 452. The molecule has 0 saturated heterocycles. The lowest BCUT2D eigenvalue weighted by atomic mass is 10.3. The van der Waals surface area contributed by atoms with Crippen molar-refractivity contribution < 1.29 is 13.9 Å². The van der Waals surface area contributed by atoms with E-state index in [4.69, 9.17) is 4.74 Å². The van der Waals surface area contributed by atoms with Gasteiger partial charge in [0.2, 0.25) is 5.91 Å². The fraction of sp³-hybridized carbons (Fsp3) is 0.562. The number of benzene rings is 1. The average Bonchev–Trinajstić information content (AvgIpc) is 3.29. The molecule has 0 bridgehead atoms. The van der Waals surface area contributed by atoms with Crippen LogP contribution in [0.15, 0.2) is 29.2 Å². The first kappa shape index (κ1) is 16.3. The number of hydrogen-bond donors (Lipinski definition) is 1. The molecule has 1 aromatic carbocycles. The SMILES string of the molecule is O=C(CCSc1ccccc1F)NCCCOCC1CC1. The van der Waals surface area contributed by atoms with Crippen LogP contribution in [0, 0.1) is 11.7 Å². The van der Waals surface area contributed by atoms with Gasteiger partial charge in [0.25, 0.3) is 0 Å². The monoisotopic (exact) mass is 311 g/mol. The van der Waals surface area contributed by atoms with Crippen LogP contribution in [-0.4, -0.2) is 31.4 Å². The first-order chi connectivity index (χ1) is 10.3. The molecule has 0 atom stereocenters. The molecule has 5 heteroatoms. The number of thioether (sulfide) groups is 1. The van der Waals surface area contributed by atoms with Gasteiger partial charge in [0, 0.05) is 36.8 Å². The van der Waals surface area contributed by atoms with Crippen molar-refractivity contribution in [3.63, 3.8) is 0 Å². The fourth-order valence-corrected chi connectivity index (χ4v) is 2.73. The van der Waals surface area contributed by atoms with E-state index in [-0.39, 0.29) is 11.7 Å². The first-order valence-electron chi connectivity index (χ1n) is 7.47. The maximum absolute atomic E-state index is 13.4. The molecular weight excluding hydrogens is 289 g/mol. The molecule has 21 heavy (non-hydrogen) atoms. The summed E-state index contributed by atoms with van der Waals surface area (Å²) in [5, 5.41) is 2.86. The van der Waals surface area contributed by atoms with E-state index in [0.717, 1.165) is 18.9 Å². The zero-order valence-corrected chi connectivity index (χ0v) is 13.0. The summed E-state index contributed by atoms with van der Waals surface area (Å²) in [6, 6.07) is 6.63. The third-order valence-electron chi connectivity index (χ3n) is 3.26. The Morgan fingerprint density at radius 1 is 1.38 bits per heavy atom. The van der Waals surface area contributed by atoms with Gasteiger partial charge in [-0.3, -0.25) is 4.79 Å². The van der Waals surface area contributed by atoms with E-state index in [1.807, 2.05) is 0 Å². The number of hydrogen-bond acceptors (Lipinski definition) is 3. The highest BCUT2D eigenvalue weighted by Gasteiger charge is 2.20. The van der Waals surface area contributed by atoms with E-state index in [1.165, 1.54) is 30.7 Å². The van der Waals surface area contributed by atoms with Gasteiger partial charge in [0.1, 0.15) is 5.82 Å². The molecule has 0 unspecified atom stereocenters. The summed E-state index contributed by atoms with van der Waals surface area (Å²) in [6.45, 7) is 2.22. The second-order valence-corrected chi connectivity index (χ2v) is 6.39. The van der Waals surface area contributed by atoms with Crippen LogP contribution in [0.1, 0.15) is 25.7 Å². The molecule has 2 rings (SSSR count). The minimum Gasteiger partial charge on any atom is -0.381 e. The summed E-state index contributed by atoms with van der Waals surface area (Å²) in [5.41, 5.74) is 0. The summed E-state index contributed by atoms with van der Waals surface area (Å²) in [7, 11) is 0. The molecule has 0 spiro atoms. The van der Waals surface area contributed by atoms with E-state index in [1.54, 1.807) is 18.2 Å². The van der Waals surface area contributed by atoms with E-state index in [0.29, 0.717) is 30.2 Å². The second-order valence-electron chi connectivity index (χ2n) is 5.25. The van der Waals surface area contributed by atoms with Gasteiger partial charge in [-0.25, -0.2) is 4.39 Å². The van der Waals surface area contributed by atoms with Gasteiger partial charge in [-0.1, -0.05) is 12.1 Å². The Hall–Kier alpha value is -1.07. The summed E-state index contributed by atoms with van der Waals surface area (Å²) in [5.74, 6) is 1.16. The van der Waals surface area contributed by atoms with Gasteiger partial charge in [-0.15, -0.1) is 11.8 Å². The number of rotatable bonds is 10. The number of halogens is 1. The Balaban J connectivity index is 1.46. The topological polar surface area (TPSA) is 38.3 Å². The largest absolute Gasteiger partial charge is 0.381 e. The Kier molecular flexibility index (Phi) is 7.03. The Morgan fingerprint density at radius 2 is 2.19 bits per heavy atom. The van der Waals surface area contributed by atoms with Crippen LogP contribution in [0.25, 0.3) is 0 Å². The number of ether oxygens (including phenoxy) is 1. The molecule has 116 valence electrons. The minimum absolute atomic E-state index is 0.0148. The van der Waals surface area contributed by atoms with Crippen molar-refractivity contribution in [1.29, 1.82) is 0 Å². The lowest BCUT2D eigenvalue weighted by Gasteiger charge is -2.06. The Morgan fingerprint density at radius 3 is 2.95 bits per heavy atom. The summed E-state index contributed by atoms with van der Waals surface area (Å²) in [4.78, 5) is 12.2. The molecule has 1 aliphatic rings. The molecule has 1 N–H and O–H groups in total. The number of amides is 1. The first-order valence-corrected chi connectivity index (χ1v) is 8.46. The molecular formula is C16H22FNO2S. The van der Waals surface area contributed by atoms with Crippen molar-refractivity contribution >= 4 is 17.7 Å². The minimum atomic E-state index is -0.226. The molecule has 1 amide bonds. The molecule has 0 aromatic heterocycles. The Labute approximate surface area is 129 Å². The zero-order valence-electron chi connectivity index (χ0n) is 12.1. The zero-order chi connectivity index (χ0) is 14.9. The van der Waals surface area contributed by atoms with Crippen molar-refractivity contribution in [3.05, 3.63) is 30.1 Å². The molecule has 1 fully saturated rings. The third kappa shape index (κ3) is 6.96. The highest BCUT2D eigenvalue weighted by Crippen LogP contribution is 2.28. The fourth-order valence-electron chi connectivity index (χ4n) is 1.84. The molecule has 3 nitrogen and oxygen atoms in total. The van der Waals surface area contributed by atoms with Crippen molar-refractivity contribution in [1.82, 2.24) is 5.32 Å². The van der Waals surface area contributed by atoms with Crippen molar-refractivity contribution in [3.8, 4) is 0 Å². The number of carbonyl (C=O) groups is 1. The van der Waals surface area contributed by atoms with Gasteiger partial charge in [0.15, 0.2) is 0 Å². The summed E-state index contributed by atoms with van der Waals surface area (Å²) in [6.07, 6.45) is 3.85. The van der Waals surface area contributed by atoms with E-state index in [2.05, 4.69) is 5.32 Å². The molecule has 1 aromatic rings. The predicted octanol–water partition coefficient (Wildman–Crippen LogP) is 3.24. The van der Waals surface area contributed by atoms with E-state index < -0.39 is 0 Å². The lowest BCUT2D eigenvalue weighted by molar-refractivity contribution is -0.120. The maximum Gasteiger partial charge on any atom is 0.220 e. The van der Waals surface area contributed by atoms with E-state index >= 15 is 0 Å². The van der Waals surface area contributed by atoms with Crippen molar-refractivity contribution in [2.75, 3.05) is 25.5 Å². The molecule has 0 heterocycles. The van der Waals surface area contributed by atoms with Crippen LogP contribution in [0.2, 0.25) is 0 Å². The van der Waals surface area contributed by atoms with Gasteiger partial charge in [-0.05, 0) is 37.3 Å².